The zero-order valence-corrected chi connectivity index (χ0v) is 20.3. The van der Waals surface area contributed by atoms with E-state index in [1.807, 2.05) is 30.3 Å². The first-order chi connectivity index (χ1) is 16.8. The summed E-state index contributed by atoms with van der Waals surface area (Å²) in [4.78, 5) is 26.6. The summed E-state index contributed by atoms with van der Waals surface area (Å²) in [6.45, 7) is 0.167. The van der Waals surface area contributed by atoms with Crippen LogP contribution < -0.4 is 11.1 Å². The summed E-state index contributed by atoms with van der Waals surface area (Å²) in [5.41, 5.74) is 8.00. The minimum absolute atomic E-state index is 0.0488. The lowest BCUT2D eigenvalue weighted by Crippen LogP contribution is -2.41. The van der Waals surface area contributed by atoms with E-state index in [-0.39, 0.29) is 31.3 Å². The number of terminal acetylenes is 1. The summed E-state index contributed by atoms with van der Waals surface area (Å²) >= 11 is 5.98. The summed E-state index contributed by atoms with van der Waals surface area (Å²) in [6.07, 6.45) is 9.55. The Labute approximate surface area is 211 Å². The Hall–Kier alpha value is -3.35. The average molecular weight is 502 g/mol. The molecule has 0 radical (unpaired) electrons. The monoisotopic (exact) mass is 501 g/mol. The predicted octanol–water partition coefficient (Wildman–Crippen LogP) is 1.47. The Morgan fingerprint density at radius 2 is 1.74 bits per heavy atom. The first-order valence-electron chi connectivity index (χ1n) is 10.8. The molecule has 0 aromatic heterocycles. The van der Waals surface area contributed by atoms with Gasteiger partial charge in [0, 0.05) is 49.4 Å². The van der Waals surface area contributed by atoms with Gasteiger partial charge in [0.1, 0.15) is 0 Å². The van der Waals surface area contributed by atoms with Crippen molar-refractivity contribution >= 4 is 35.2 Å². The van der Waals surface area contributed by atoms with Crippen LogP contribution in [0, 0.1) is 12.8 Å². The molecule has 0 spiro atoms. The highest BCUT2D eigenvalue weighted by Crippen LogP contribution is 2.19. The third-order valence-electron chi connectivity index (χ3n) is 5.17. The molecule has 2 aromatic carbocycles. The van der Waals surface area contributed by atoms with E-state index in [9.17, 15) is 19.8 Å². The van der Waals surface area contributed by atoms with Gasteiger partial charge in [-0.15, -0.1) is 12.8 Å². The molecule has 188 valence electrons. The number of carbonyl (C=O) groups is 2. The fourth-order valence-corrected chi connectivity index (χ4v) is 3.67. The molecule has 1 aliphatic rings. The second kappa shape index (κ2) is 15.5. The van der Waals surface area contributed by atoms with Crippen molar-refractivity contribution in [2.24, 2.45) is 0 Å². The van der Waals surface area contributed by atoms with E-state index in [4.69, 9.17) is 22.4 Å². The molecule has 1 heterocycles. The average Bonchev–Trinajstić information content (AvgIpc) is 3.21. The molecule has 8 nitrogen and oxygen atoms in total. The number of nitrogens with zero attached hydrogens (tertiary/aromatic N) is 1. The quantitative estimate of drug-likeness (QED) is 0.221. The van der Waals surface area contributed by atoms with Crippen molar-refractivity contribution in [3.63, 3.8) is 0 Å². The SMILES string of the molecule is C#C.CO.Nc1ccc(Cl)cc1/C=C/C(=O)N[C@H](CC(=O)N1C[C@@H](O)[C@@H](O)C1)Cc1ccccc1. The summed E-state index contributed by atoms with van der Waals surface area (Å²) < 4.78 is 0. The van der Waals surface area contributed by atoms with Crippen LogP contribution in [-0.4, -0.2) is 70.5 Å². The van der Waals surface area contributed by atoms with Crippen molar-refractivity contribution in [3.8, 4) is 12.8 Å². The van der Waals surface area contributed by atoms with E-state index in [2.05, 4.69) is 18.2 Å². The number of aliphatic hydroxyl groups is 3. The fourth-order valence-electron chi connectivity index (χ4n) is 3.49. The predicted molar refractivity (Wildman–Crippen MR) is 138 cm³/mol. The van der Waals surface area contributed by atoms with Gasteiger partial charge in [-0.3, -0.25) is 9.59 Å². The number of rotatable bonds is 7. The first-order valence-corrected chi connectivity index (χ1v) is 11.2. The Balaban J connectivity index is 0.00000145. The van der Waals surface area contributed by atoms with E-state index in [1.54, 1.807) is 24.3 Å². The maximum Gasteiger partial charge on any atom is 0.244 e. The largest absolute Gasteiger partial charge is 0.400 e. The number of hydrogen-bond acceptors (Lipinski definition) is 6. The highest BCUT2D eigenvalue weighted by molar-refractivity contribution is 6.30. The Kier molecular flexibility index (Phi) is 13.2. The van der Waals surface area contributed by atoms with Gasteiger partial charge in [0.05, 0.1) is 12.2 Å². The summed E-state index contributed by atoms with van der Waals surface area (Å²) in [5.74, 6) is -0.602. The molecule has 0 saturated carbocycles. The number of hydrogen-bond donors (Lipinski definition) is 5. The highest BCUT2D eigenvalue weighted by Gasteiger charge is 2.33. The van der Waals surface area contributed by atoms with Gasteiger partial charge >= 0.3 is 0 Å². The number of nitrogen functional groups attached to an aromatic ring is 1. The second-order valence-electron chi connectivity index (χ2n) is 7.64. The molecule has 1 fully saturated rings. The lowest BCUT2D eigenvalue weighted by molar-refractivity contribution is -0.131. The smallest absolute Gasteiger partial charge is 0.244 e. The number of amides is 2. The molecule has 2 amide bonds. The van der Waals surface area contributed by atoms with Crippen LogP contribution in [0.3, 0.4) is 0 Å². The van der Waals surface area contributed by atoms with E-state index in [1.165, 1.54) is 11.0 Å². The zero-order valence-electron chi connectivity index (χ0n) is 19.5. The van der Waals surface area contributed by atoms with Crippen LogP contribution in [0.15, 0.2) is 54.6 Å². The Bertz CT molecular complexity index is 987. The molecule has 0 unspecified atom stereocenters. The molecular formula is C26H32ClN3O5. The van der Waals surface area contributed by atoms with Crippen LogP contribution in [0.4, 0.5) is 5.69 Å². The van der Waals surface area contributed by atoms with Gasteiger partial charge in [0.15, 0.2) is 0 Å². The fraction of sp³-hybridized carbons (Fsp3) is 0.308. The van der Waals surface area contributed by atoms with Gasteiger partial charge in [-0.05, 0) is 41.8 Å². The standard InChI is InChI=1S/C23H26ClN3O4.C2H2.CH4O/c24-17-7-8-19(25)16(11-17)6-9-22(30)26-18(10-15-4-2-1-3-5-15)12-23(31)27-13-20(28)21(29)14-27;2*1-2/h1-9,11,18,20-21,28-29H,10,12-14,25H2,(H,26,30);1-2H;2H,1H3/b9-6+;;/t18-,20-,21+;;/m0../s1. The van der Waals surface area contributed by atoms with Crippen LogP contribution in [0.2, 0.25) is 5.02 Å². The normalized spacial score (nSPS) is 17.5. The molecule has 0 aliphatic carbocycles. The molecule has 3 atom stereocenters. The Morgan fingerprint density at radius 3 is 2.34 bits per heavy atom. The molecule has 9 heteroatoms. The van der Waals surface area contributed by atoms with Crippen LogP contribution in [-0.2, 0) is 16.0 Å². The minimum atomic E-state index is -0.947. The molecule has 1 aliphatic heterocycles. The first kappa shape index (κ1) is 29.7. The molecular weight excluding hydrogens is 470 g/mol. The summed E-state index contributed by atoms with van der Waals surface area (Å²) in [6, 6.07) is 14.1. The summed E-state index contributed by atoms with van der Waals surface area (Å²) in [5, 5.41) is 29.8. The van der Waals surface area contributed by atoms with Crippen molar-refractivity contribution in [1.29, 1.82) is 0 Å². The zero-order chi connectivity index (χ0) is 26.4. The highest BCUT2D eigenvalue weighted by atomic mass is 35.5. The lowest BCUT2D eigenvalue weighted by atomic mass is 10.0. The van der Waals surface area contributed by atoms with Gasteiger partial charge in [0.2, 0.25) is 11.8 Å². The molecule has 1 saturated heterocycles. The number of aliphatic hydroxyl groups excluding tert-OH is 3. The van der Waals surface area contributed by atoms with Crippen molar-refractivity contribution in [1.82, 2.24) is 10.2 Å². The number of nitrogens with one attached hydrogen (secondary N) is 1. The van der Waals surface area contributed by atoms with Crippen molar-refractivity contribution in [2.75, 3.05) is 25.9 Å². The number of anilines is 1. The van der Waals surface area contributed by atoms with Gasteiger partial charge in [-0.2, -0.15) is 0 Å². The summed E-state index contributed by atoms with van der Waals surface area (Å²) in [7, 11) is 1.00. The second-order valence-corrected chi connectivity index (χ2v) is 8.08. The number of nitrogens with two attached hydrogens (primary N) is 1. The molecule has 0 bridgehead atoms. The van der Waals surface area contributed by atoms with Crippen LogP contribution >= 0.6 is 11.6 Å². The number of carbonyl (C=O) groups excluding carboxylic acids is 2. The maximum absolute atomic E-state index is 12.7. The van der Waals surface area contributed by atoms with Crippen molar-refractivity contribution in [2.45, 2.75) is 31.1 Å². The van der Waals surface area contributed by atoms with E-state index in [0.717, 1.165) is 12.7 Å². The Morgan fingerprint density at radius 1 is 1.14 bits per heavy atom. The minimum Gasteiger partial charge on any atom is -0.400 e. The van der Waals surface area contributed by atoms with Gasteiger partial charge in [-0.25, -0.2) is 0 Å². The van der Waals surface area contributed by atoms with E-state index < -0.39 is 18.2 Å². The number of benzene rings is 2. The third-order valence-corrected chi connectivity index (χ3v) is 5.40. The van der Waals surface area contributed by atoms with E-state index >= 15 is 0 Å². The molecule has 2 aromatic rings. The van der Waals surface area contributed by atoms with Crippen LogP contribution in [0.1, 0.15) is 17.5 Å². The molecule has 35 heavy (non-hydrogen) atoms. The number of halogens is 1. The van der Waals surface area contributed by atoms with Crippen molar-refractivity contribution in [3.05, 3.63) is 70.8 Å². The van der Waals surface area contributed by atoms with E-state index in [0.29, 0.717) is 22.7 Å². The lowest BCUT2D eigenvalue weighted by Gasteiger charge is -2.22. The number of β-amino-alcohol motifs (C(OH)–C–C–N with tert-alkyl or cyclic N) is 2. The third kappa shape index (κ3) is 9.81. The van der Waals surface area contributed by atoms with Gasteiger partial charge in [-0.1, -0.05) is 41.9 Å². The van der Waals surface area contributed by atoms with Crippen LogP contribution in [0.25, 0.3) is 6.08 Å². The van der Waals surface area contributed by atoms with Gasteiger partial charge < -0.3 is 31.3 Å². The molecule has 3 rings (SSSR count). The topological polar surface area (TPSA) is 136 Å². The van der Waals surface area contributed by atoms with Crippen LogP contribution in [0.5, 0.6) is 0 Å². The number of likely N-dealkylation sites (tertiary alicyclic amines) is 1. The van der Waals surface area contributed by atoms with Crippen molar-refractivity contribution < 1.29 is 24.9 Å². The molecule has 6 N–H and O–H groups in total. The van der Waals surface area contributed by atoms with Gasteiger partial charge in [0.25, 0.3) is 0 Å². The maximum atomic E-state index is 12.7.